The highest BCUT2D eigenvalue weighted by molar-refractivity contribution is 5.78. The first kappa shape index (κ1) is 19.0. The Balaban J connectivity index is 2.12. The number of hydrogen-bond donors (Lipinski definition) is 3. The zero-order chi connectivity index (χ0) is 16.9. The molecule has 0 aromatic heterocycles. The molecule has 6 nitrogen and oxygen atoms in total. The van der Waals surface area contributed by atoms with Crippen molar-refractivity contribution in [2.24, 2.45) is 0 Å². The molecule has 0 bridgehead atoms. The molecule has 1 aromatic carbocycles. The van der Waals surface area contributed by atoms with Crippen LogP contribution in [-0.4, -0.2) is 50.1 Å². The van der Waals surface area contributed by atoms with E-state index in [9.17, 15) is 9.59 Å². The molecule has 0 spiro atoms. The lowest BCUT2D eigenvalue weighted by Crippen LogP contribution is -2.39. The number of rotatable bonds is 10. The molecular weight excluding hydrogens is 292 g/mol. The third-order valence-electron chi connectivity index (χ3n) is 3.29. The van der Waals surface area contributed by atoms with Crippen molar-refractivity contribution in [1.29, 1.82) is 0 Å². The number of benzene rings is 1. The Morgan fingerprint density at radius 2 is 1.74 bits per heavy atom. The van der Waals surface area contributed by atoms with Gasteiger partial charge in [0.1, 0.15) is 0 Å². The second kappa shape index (κ2) is 11.5. The molecule has 3 N–H and O–H groups in total. The van der Waals surface area contributed by atoms with E-state index in [1.807, 2.05) is 30.3 Å². The smallest absolute Gasteiger partial charge is 0.317 e. The van der Waals surface area contributed by atoms with E-state index in [4.69, 9.17) is 0 Å². The molecule has 6 heteroatoms. The van der Waals surface area contributed by atoms with Crippen LogP contribution < -0.4 is 16.0 Å². The van der Waals surface area contributed by atoms with Gasteiger partial charge in [0, 0.05) is 39.6 Å². The zero-order valence-electron chi connectivity index (χ0n) is 14.1. The van der Waals surface area contributed by atoms with E-state index in [2.05, 4.69) is 22.9 Å². The van der Waals surface area contributed by atoms with Gasteiger partial charge in [-0.25, -0.2) is 4.79 Å². The van der Waals surface area contributed by atoms with Gasteiger partial charge in [-0.2, -0.15) is 0 Å². The van der Waals surface area contributed by atoms with Gasteiger partial charge in [-0.3, -0.25) is 4.79 Å². The van der Waals surface area contributed by atoms with E-state index in [0.717, 1.165) is 25.1 Å². The fourth-order valence-electron chi connectivity index (χ4n) is 2.03. The molecule has 0 fully saturated rings. The fourth-order valence-corrected chi connectivity index (χ4v) is 2.03. The van der Waals surface area contributed by atoms with E-state index in [1.54, 1.807) is 11.9 Å². The lowest BCUT2D eigenvalue weighted by atomic mass is 10.2. The minimum Gasteiger partial charge on any atom is -0.355 e. The number of hydrogen-bond acceptors (Lipinski definition) is 3. The number of amides is 3. The molecular formula is C17H28N4O2. The summed E-state index contributed by atoms with van der Waals surface area (Å²) >= 11 is 0. The van der Waals surface area contributed by atoms with E-state index in [-0.39, 0.29) is 11.9 Å². The predicted octanol–water partition coefficient (Wildman–Crippen LogP) is 1.33. The van der Waals surface area contributed by atoms with Crippen LogP contribution in [0.15, 0.2) is 30.3 Å². The molecule has 3 amide bonds. The van der Waals surface area contributed by atoms with Gasteiger partial charge in [0.15, 0.2) is 0 Å². The van der Waals surface area contributed by atoms with Gasteiger partial charge in [0.2, 0.25) is 5.91 Å². The van der Waals surface area contributed by atoms with Crippen molar-refractivity contribution in [3.8, 4) is 0 Å². The number of nitrogens with zero attached hydrogens (tertiary/aromatic N) is 1. The number of carbonyl (C=O) groups is 2. The highest BCUT2D eigenvalue weighted by Gasteiger charge is 2.09. The molecule has 0 saturated carbocycles. The fraction of sp³-hybridized carbons (Fsp3) is 0.529. The first-order chi connectivity index (χ1) is 11.1. The summed E-state index contributed by atoms with van der Waals surface area (Å²) in [5.74, 6) is -0.0469. The minimum atomic E-state index is -0.175. The maximum atomic E-state index is 11.9. The molecule has 0 heterocycles. The summed E-state index contributed by atoms with van der Waals surface area (Å²) in [5, 5.41) is 8.78. The highest BCUT2D eigenvalue weighted by atomic mass is 16.2. The van der Waals surface area contributed by atoms with Crippen LogP contribution in [0.5, 0.6) is 0 Å². The molecule has 1 rings (SSSR count). The second-order valence-electron chi connectivity index (χ2n) is 5.42. The van der Waals surface area contributed by atoms with Crippen molar-refractivity contribution in [2.75, 3.05) is 33.2 Å². The maximum Gasteiger partial charge on any atom is 0.317 e. The predicted molar refractivity (Wildman–Crippen MR) is 92.1 cm³/mol. The first-order valence-corrected chi connectivity index (χ1v) is 8.13. The first-order valence-electron chi connectivity index (χ1n) is 8.13. The molecule has 0 unspecified atom stereocenters. The van der Waals surface area contributed by atoms with Crippen LogP contribution in [-0.2, 0) is 11.3 Å². The third-order valence-corrected chi connectivity index (χ3v) is 3.29. The summed E-state index contributed by atoms with van der Waals surface area (Å²) in [5.41, 5.74) is 1.07. The van der Waals surface area contributed by atoms with Gasteiger partial charge >= 0.3 is 6.03 Å². The van der Waals surface area contributed by atoms with Gasteiger partial charge in [0.25, 0.3) is 0 Å². The largest absolute Gasteiger partial charge is 0.355 e. The molecule has 23 heavy (non-hydrogen) atoms. The summed E-state index contributed by atoms with van der Waals surface area (Å²) in [6.45, 7) is 5.32. The van der Waals surface area contributed by atoms with E-state index in [1.165, 1.54) is 0 Å². The summed E-state index contributed by atoms with van der Waals surface area (Å²) in [4.78, 5) is 25.1. The van der Waals surface area contributed by atoms with Crippen LogP contribution >= 0.6 is 0 Å². The van der Waals surface area contributed by atoms with Crippen molar-refractivity contribution in [3.05, 3.63) is 35.9 Å². The standard InChI is InChI=1S/C17H28N4O2/c1-3-10-18-12-13-19-16(22)9-11-20-17(23)21(2)14-15-7-5-4-6-8-15/h4-8,18H,3,9-14H2,1-2H3,(H,19,22)(H,20,23). The molecule has 0 aliphatic heterocycles. The Hall–Kier alpha value is -2.08. The maximum absolute atomic E-state index is 11.9. The van der Waals surface area contributed by atoms with Crippen LogP contribution in [0.2, 0.25) is 0 Å². The molecule has 0 radical (unpaired) electrons. The molecule has 128 valence electrons. The zero-order valence-corrected chi connectivity index (χ0v) is 14.1. The van der Waals surface area contributed by atoms with Crippen LogP contribution in [0.3, 0.4) is 0 Å². The van der Waals surface area contributed by atoms with Gasteiger partial charge < -0.3 is 20.9 Å². The summed E-state index contributed by atoms with van der Waals surface area (Å²) in [7, 11) is 1.74. The molecule has 0 aliphatic rings. The molecule has 1 aromatic rings. The monoisotopic (exact) mass is 320 g/mol. The molecule has 0 atom stereocenters. The van der Waals surface area contributed by atoms with Crippen molar-refractivity contribution in [2.45, 2.75) is 26.3 Å². The minimum absolute atomic E-state index is 0.0469. The second-order valence-corrected chi connectivity index (χ2v) is 5.42. The van der Waals surface area contributed by atoms with Crippen LogP contribution in [0, 0.1) is 0 Å². The average molecular weight is 320 g/mol. The van der Waals surface area contributed by atoms with Crippen LogP contribution in [0.25, 0.3) is 0 Å². The Labute approximate surface area is 138 Å². The van der Waals surface area contributed by atoms with Crippen LogP contribution in [0.4, 0.5) is 4.79 Å². The van der Waals surface area contributed by atoms with Crippen molar-refractivity contribution < 1.29 is 9.59 Å². The topological polar surface area (TPSA) is 73.5 Å². The third kappa shape index (κ3) is 8.83. The quantitative estimate of drug-likeness (QED) is 0.570. The van der Waals surface area contributed by atoms with E-state index in [0.29, 0.717) is 26.1 Å². The van der Waals surface area contributed by atoms with Crippen LogP contribution in [0.1, 0.15) is 25.3 Å². The summed E-state index contributed by atoms with van der Waals surface area (Å²) in [6, 6.07) is 9.61. The number of urea groups is 1. The lowest BCUT2D eigenvalue weighted by Gasteiger charge is -2.18. The Morgan fingerprint density at radius 3 is 2.43 bits per heavy atom. The highest BCUT2D eigenvalue weighted by Crippen LogP contribution is 2.02. The Morgan fingerprint density at radius 1 is 1.00 bits per heavy atom. The molecule has 0 saturated heterocycles. The van der Waals surface area contributed by atoms with Gasteiger partial charge in [-0.1, -0.05) is 37.3 Å². The van der Waals surface area contributed by atoms with E-state index < -0.39 is 0 Å². The average Bonchev–Trinajstić information content (AvgIpc) is 2.55. The molecule has 0 aliphatic carbocycles. The Kier molecular flexibility index (Phi) is 9.47. The van der Waals surface area contributed by atoms with Crippen molar-refractivity contribution in [3.63, 3.8) is 0 Å². The summed E-state index contributed by atoms with van der Waals surface area (Å²) < 4.78 is 0. The van der Waals surface area contributed by atoms with E-state index >= 15 is 0 Å². The SMILES string of the molecule is CCCNCCNC(=O)CCNC(=O)N(C)Cc1ccccc1. The Bertz CT molecular complexity index is 465. The van der Waals surface area contributed by atoms with Gasteiger partial charge in [-0.15, -0.1) is 0 Å². The van der Waals surface area contributed by atoms with Crippen molar-refractivity contribution in [1.82, 2.24) is 20.9 Å². The van der Waals surface area contributed by atoms with Gasteiger partial charge in [0.05, 0.1) is 0 Å². The normalized spacial score (nSPS) is 10.2. The van der Waals surface area contributed by atoms with Gasteiger partial charge in [-0.05, 0) is 18.5 Å². The number of nitrogens with one attached hydrogen (secondary N) is 3. The lowest BCUT2D eigenvalue weighted by molar-refractivity contribution is -0.120. The van der Waals surface area contributed by atoms with Crippen molar-refractivity contribution >= 4 is 11.9 Å². The summed E-state index contributed by atoms with van der Waals surface area (Å²) in [6.07, 6.45) is 1.37. The number of carbonyl (C=O) groups excluding carboxylic acids is 2.